The van der Waals surface area contributed by atoms with Gasteiger partial charge in [-0.25, -0.2) is 4.39 Å². The fourth-order valence-electron chi connectivity index (χ4n) is 4.81. The van der Waals surface area contributed by atoms with Crippen molar-refractivity contribution in [2.24, 2.45) is 0 Å². The molecule has 0 aliphatic heterocycles. The number of anilines is 1. The van der Waals surface area contributed by atoms with Crippen LogP contribution in [0.3, 0.4) is 0 Å². The number of carbonyl (C=O) groups excluding carboxylic acids is 1. The number of nitrogens with one attached hydrogen (secondary N) is 2. The van der Waals surface area contributed by atoms with E-state index in [1.165, 1.54) is 28.0 Å². The number of aromatic nitrogens is 1. The minimum absolute atomic E-state index is 0.0190. The van der Waals surface area contributed by atoms with E-state index in [1.54, 1.807) is 30.3 Å². The number of carboxylic acids is 4. The summed E-state index contributed by atoms with van der Waals surface area (Å²) in [5.74, 6) is -5.91. The largest absolute Gasteiger partial charge is 0.480 e. The lowest BCUT2D eigenvalue weighted by Gasteiger charge is -2.27. The maximum absolute atomic E-state index is 13.3. The summed E-state index contributed by atoms with van der Waals surface area (Å²) < 4.78 is 13.3. The number of fused-ring (bicyclic) bond motifs is 1. The Bertz CT molecular complexity index is 1610. The molecule has 16 heteroatoms. The van der Waals surface area contributed by atoms with Crippen molar-refractivity contribution in [3.05, 3.63) is 75.8 Å². The number of H-pyrrole nitrogens is 1. The molecule has 0 bridgehead atoms. The van der Waals surface area contributed by atoms with E-state index in [-0.39, 0.29) is 44.1 Å². The molecule has 46 heavy (non-hydrogen) atoms. The quantitative estimate of drug-likeness (QED) is 0.105. The maximum atomic E-state index is 13.3. The first-order valence-corrected chi connectivity index (χ1v) is 14.0. The van der Waals surface area contributed by atoms with Crippen LogP contribution in [0.15, 0.2) is 53.3 Å². The number of amides is 1. The monoisotopic (exact) mass is 643 g/mol. The Morgan fingerprint density at radius 3 is 1.72 bits per heavy atom. The summed E-state index contributed by atoms with van der Waals surface area (Å²) in [6.45, 7) is -2.74. The van der Waals surface area contributed by atoms with Crippen molar-refractivity contribution in [2.45, 2.75) is 6.42 Å². The molecule has 6 N–H and O–H groups in total. The Kier molecular flexibility index (Phi) is 12.9. The lowest BCUT2D eigenvalue weighted by atomic mass is 10.0. The van der Waals surface area contributed by atoms with E-state index in [0.29, 0.717) is 28.6 Å². The number of aromatic amines is 1. The van der Waals surface area contributed by atoms with Gasteiger partial charge >= 0.3 is 23.9 Å². The number of halogens is 1. The molecule has 0 fully saturated rings. The highest BCUT2D eigenvalue weighted by Crippen LogP contribution is 2.22. The molecule has 0 atom stereocenters. The molecule has 0 aliphatic rings. The summed E-state index contributed by atoms with van der Waals surface area (Å²) in [5, 5.41) is 40.1. The van der Waals surface area contributed by atoms with Crippen LogP contribution < -0.4 is 10.9 Å². The molecule has 1 amide bonds. The van der Waals surface area contributed by atoms with Crippen molar-refractivity contribution in [2.75, 3.05) is 64.2 Å². The first-order valence-electron chi connectivity index (χ1n) is 14.0. The molecule has 0 radical (unpaired) electrons. The number of benzene rings is 2. The predicted molar refractivity (Wildman–Crippen MR) is 162 cm³/mol. The SMILES string of the molecule is O=C(O)CN(CCN(CC(=O)O)CC(=O)O)CCN(CC(=O)O)CC(=O)Nc1ccc2c(Cc3ccc(F)cc3)cc(=O)[nH]c2c1. The zero-order chi connectivity index (χ0) is 33.8. The van der Waals surface area contributed by atoms with E-state index in [4.69, 9.17) is 10.2 Å². The fourth-order valence-corrected chi connectivity index (χ4v) is 4.81. The van der Waals surface area contributed by atoms with Crippen LogP contribution in [0.25, 0.3) is 10.9 Å². The van der Waals surface area contributed by atoms with Gasteiger partial charge in [0, 0.05) is 43.3 Å². The van der Waals surface area contributed by atoms with E-state index in [9.17, 15) is 43.4 Å². The minimum Gasteiger partial charge on any atom is -0.480 e. The van der Waals surface area contributed by atoms with Gasteiger partial charge in [-0.1, -0.05) is 18.2 Å². The topological polar surface area (TPSA) is 221 Å². The van der Waals surface area contributed by atoms with Gasteiger partial charge in [0.15, 0.2) is 0 Å². The smallest absolute Gasteiger partial charge is 0.317 e. The number of carboxylic acid groups (broad SMARTS) is 4. The molecule has 2 aromatic carbocycles. The average Bonchev–Trinajstić information content (AvgIpc) is 2.94. The molecular weight excluding hydrogens is 609 g/mol. The van der Waals surface area contributed by atoms with Gasteiger partial charge in [-0.3, -0.25) is 43.5 Å². The third kappa shape index (κ3) is 12.1. The number of rotatable bonds is 19. The normalized spacial score (nSPS) is 11.3. The van der Waals surface area contributed by atoms with E-state index in [1.807, 2.05) is 0 Å². The highest BCUT2D eigenvalue weighted by molar-refractivity contribution is 5.95. The molecule has 1 heterocycles. The van der Waals surface area contributed by atoms with Crippen molar-refractivity contribution >= 4 is 46.4 Å². The average molecular weight is 644 g/mol. The van der Waals surface area contributed by atoms with Crippen LogP contribution in [0, 0.1) is 5.82 Å². The highest BCUT2D eigenvalue weighted by Gasteiger charge is 2.20. The van der Waals surface area contributed by atoms with Crippen molar-refractivity contribution in [3.8, 4) is 0 Å². The standard InChI is InChI=1S/C30H34FN5O10/c31-21-3-1-19(2-4-21)11-20-12-25(37)33-24-13-22(5-6-23(20)24)32-26(38)14-35(16-28(41)42)9-7-34(15-27(39)40)8-10-36(17-29(43)44)18-30(45)46/h1-6,12-13H,7-11,14-18H2,(H,32,38)(H,33,37)(H,39,40)(H,41,42)(H,43,44)(H,45,46). The first-order chi connectivity index (χ1) is 21.8. The van der Waals surface area contributed by atoms with Gasteiger partial charge in [0.1, 0.15) is 5.82 Å². The molecule has 3 rings (SSSR count). The van der Waals surface area contributed by atoms with Gasteiger partial charge in [0.05, 0.1) is 38.2 Å². The Labute approximate surface area is 261 Å². The van der Waals surface area contributed by atoms with Crippen LogP contribution in [-0.4, -0.2) is 129 Å². The Morgan fingerprint density at radius 1 is 0.674 bits per heavy atom. The molecule has 0 aliphatic carbocycles. The van der Waals surface area contributed by atoms with Crippen molar-refractivity contribution < 1.29 is 48.8 Å². The third-order valence-electron chi connectivity index (χ3n) is 6.79. The van der Waals surface area contributed by atoms with Crippen LogP contribution in [0.1, 0.15) is 11.1 Å². The third-order valence-corrected chi connectivity index (χ3v) is 6.79. The zero-order valence-corrected chi connectivity index (χ0v) is 24.6. The van der Waals surface area contributed by atoms with Crippen LogP contribution in [0.5, 0.6) is 0 Å². The van der Waals surface area contributed by atoms with Crippen molar-refractivity contribution in [3.63, 3.8) is 0 Å². The maximum Gasteiger partial charge on any atom is 0.317 e. The van der Waals surface area contributed by atoms with Crippen LogP contribution in [-0.2, 0) is 30.4 Å². The summed E-state index contributed by atoms with van der Waals surface area (Å²) in [6.07, 6.45) is 0.368. The Morgan fingerprint density at radius 2 is 1.17 bits per heavy atom. The number of aliphatic carboxylic acids is 4. The van der Waals surface area contributed by atoms with Crippen molar-refractivity contribution in [1.82, 2.24) is 19.7 Å². The van der Waals surface area contributed by atoms with Crippen LogP contribution in [0.2, 0.25) is 0 Å². The second-order valence-corrected chi connectivity index (χ2v) is 10.5. The molecule has 246 valence electrons. The van der Waals surface area contributed by atoms with Gasteiger partial charge in [-0.2, -0.15) is 0 Å². The Hall–Kier alpha value is -5.19. The number of hydrogen-bond acceptors (Lipinski definition) is 9. The summed E-state index contributed by atoms with van der Waals surface area (Å²) >= 11 is 0. The lowest BCUT2D eigenvalue weighted by molar-refractivity contribution is -0.143. The Balaban J connectivity index is 1.67. The number of carbonyl (C=O) groups is 5. The molecule has 15 nitrogen and oxygen atoms in total. The van der Waals surface area contributed by atoms with Crippen molar-refractivity contribution in [1.29, 1.82) is 0 Å². The van der Waals surface area contributed by atoms with Gasteiger partial charge in [0.25, 0.3) is 0 Å². The summed E-state index contributed by atoms with van der Waals surface area (Å²) in [6, 6.07) is 12.2. The van der Waals surface area contributed by atoms with Gasteiger partial charge in [0.2, 0.25) is 11.5 Å². The van der Waals surface area contributed by atoms with Crippen LogP contribution >= 0.6 is 0 Å². The van der Waals surface area contributed by atoms with Gasteiger partial charge in [-0.15, -0.1) is 0 Å². The summed E-state index contributed by atoms with van der Waals surface area (Å²) in [4.78, 5) is 76.8. The van der Waals surface area contributed by atoms with Gasteiger partial charge < -0.3 is 30.7 Å². The molecule has 0 spiro atoms. The molecule has 3 aromatic rings. The lowest BCUT2D eigenvalue weighted by Crippen LogP contribution is -2.46. The van der Waals surface area contributed by atoms with E-state index >= 15 is 0 Å². The highest BCUT2D eigenvalue weighted by atomic mass is 19.1. The molecule has 0 saturated carbocycles. The second kappa shape index (κ2) is 16.8. The summed E-state index contributed by atoms with van der Waals surface area (Å²) in [7, 11) is 0. The summed E-state index contributed by atoms with van der Waals surface area (Å²) in [5.41, 5.74) is 1.88. The molecule has 0 unspecified atom stereocenters. The number of nitrogens with zero attached hydrogens (tertiary/aromatic N) is 3. The minimum atomic E-state index is -1.26. The molecule has 0 saturated heterocycles. The van der Waals surface area contributed by atoms with E-state index < -0.39 is 56.0 Å². The first kappa shape index (κ1) is 35.3. The fraction of sp³-hybridized carbons (Fsp3) is 0.333. The van der Waals surface area contributed by atoms with E-state index in [0.717, 1.165) is 10.5 Å². The number of hydrogen-bond donors (Lipinski definition) is 6. The van der Waals surface area contributed by atoms with Crippen LogP contribution in [0.4, 0.5) is 10.1 Å². The number of pyridine rings is 1. The van der Waals surface area contributed by atoms with E-state index in [2.05, 4.69) is 10.3 Å². The zero-order valence-electron chi connectivity index (χ0n) is 24.6. The predicted octanol–water partition coefficient (Wildman–Crippen LogP) is 0.441. The molecular formula is C30H34FN5O10. The molecule has 1 aromatic heterocycles. The second-order valence-electron chi connectivity index (χ2n) is 10.5. The van der Waals surface area contributed by atoms with Gasteiger partial charge in [-0.05, 0) is 41.8 Å².